The molecule has 7 nitrogen and oxygen atoms in total. The Morgan fingerprint density at radius 3 is 2.53 bits per heavy atom. The van der Waals surface area contributed by atoms with Gasteiger partial charge in [0, 0.05) is 7.05 Å². The Hall–Kier alpha value is -3.34. The van der Waals surface area contributed by atoms with Crippen molar-refractivity contribution in [3.05, 3.63) is 66.0 Å². The summed E-state index contributed by atoms with van der Waals surface area (Å²) in [5.74, 6) is -1.13. The lowest BCUT2D eigenvalue weighted by molar-refractivity contribution is -0.137. The number of carbonyl (C=O) groups excluding carboxylic acids is 2. The highest BCUT2D eigenvalue weighted by molar-refractivity contribution is 7.99. The van der Waals surface area contributed by atoms with Crippen LogP contribution in [0.15, 0.2) is 60.0 Å². The summed E-state index contributed by atoms with van der Waals surface area (Å²) in [4.78, 5) is 25.8. The molecule has 1 aromatic heterocycles. The summed E-state index contributed by atoms with van der Waals surface area (Å²) in [6.45, 7) is 1.55. The number of thioether (sulfide) groups is 1. The van der Waals surface area contributed by atoms with Crippen LogP contribution in [0.25, 0.3) is 5.69 Å². The Morgan fingerprint density at radius 2 is 1.81 bits per heavy atom. The Balaban J connectivity index is 1.58. The highest BCUT2D eigenvalue weighted by Crippen LogP contribution is 2.34. The number of nitrogens with one attached hydrogen (secondary N) is 1. The number of para-hydroxylation sites is 2. The van der Waals surface area contributed by atoms with E-state index in [4.69, 9.17) is 0 Å². The number of alkyl halides is 3. The standard InChI is InChI=1S/C21H20F3N5O2S/c1-14-7-3-6-10-17(14)29-13-25-27-20(29)32-12-19(31)28(2)11-18(30)26-16-9-5-4-8-15(16)21(22,23)24/h3-10,13H,11-12H2,1-2H3,(H,26,30). The van der Waals surface area contributed by atoms with Gasteiger partial charge in [-0.3, -0.25) is 14.2 Å². The van der Waals surface area contributed by atoms with Gasteiger partial charge in [-0.2, -0.15) is 13.2 Å². The van der Waals surface area contributed by atoms with Crippen LogP contribution in [0, 0.1) is 6.92 Å². The van der Waals surface area contributed by atoms with Gasteiger partial charge in [0.25, 0.3) is 0 Å². The fourth-order valence-corrected chi connectivity index (χ4v) is 3.75. The zero-order chi connectivity index (χ0) is 23.3. The second kappa shape index (κ2) is 9.86. The lowest BCUT2D eigenvalue weighted by Gasteiger charge is -2.18. The molecule has 32 heavy (non-hydrogen) atoms. The summed E-state index contributed by atoms with van der Waals surface area (Å²) >= 11 is 1.15. The molecule has 3 rings (SSSR count). The molecule has 0 spiro atoms. The molecule has 1 heterocycles. The zero-order valence-corrected chi connectivity index (χ0v) is 18.1. The molecule has 0 saturated heterocycles. The van der Waals surface area contributed by atoms with E-state index in [0.29, 0.717) is 5.16 Å². The van der Waals surface area contributed by atoms with E-state index < -0.39 is 24.2 Å². The molecule has 0 unspecified atom stereocenters. The summed E-state index contributed by atoms with van der Waals surface area (Å²) < 4.78 is 41.0. The number of aryl methyl sites for hydroxylation is 1. The molecule has 11 heteroatoms. The van der Waals surface area contributed by atoms with Crippen LogP contribution in [0.5, 0.6) is 0 Å². The predicted molar refractivity (Wildman–Crippen MR) is 115 cm³/mol. The van der Waals surface area contributed by atoms with Crippen molar-refractivity contribution in [1.29, 1.82) is 0 Å². The first-order valence-electron chi connectivity index (χ1n) is 9.45. The molecular weight excluding hydrogens is 443 g/mol. The molecule has 0 bridgehead atoms. The molecular formula is C21H20F3N5O2S. The van der Waals surface area contributed by atoms with E-state index in [9.17, 15) is 22.8 Å². The van der Waals surface area contributed by atoms with Gasteiger partial charge in [-0.05, 0) is 30.7 Å². The molecule has 168 valence electrons. The van der Waals surface area contributed by atoms with Crippen molar-refractivity contribution >= 4 is 29.3 Å². The third kappa shape index (κ3) is 5.67. The SMILES string of the molecule is Cc1ccccc1-n1cnnc1SCC(=O)N(C)CC(=O)Nc1ccccc1C(F)(F)F. The molecule has 0 radical (unpaired) electrons. The van der Waals surface area contributed by atoms with Crippen molar-refractivity contribution in [2.24, 2.45) is 0 Å². The van der Waals surface area contributed by atoms with Crippen molar-refractivity contribution in [2.75, 3.05) is 24.7 Å². The maximum atomic E-state index is 13.1. The number of amides is 2. The number of rotatable bonds is 7. The van der Waals surface area contributed by atoms with Gasteiger partial charge in [-0.1, -0.05) is 42.1 Å². The van der Waals surface area contributed by atoms with Crippen LogP contribution >= 0.6 is 11.8 Å². The maximum absolute atomic E-state index is 13.1. The average molecular weight is 463 g/mol. The molecule has 0 saturated carbocycles. The summed E-state index contributed by atoms with van der Waals surface area (Å²) in [5.41, 5.74) is 0.580. The van der Waals surface area contributed by atoms with Crippen LogP contribution in [0.1, 0.15) is 11.1 Å². The fourth-order valence-electron chi connectivity index (χ4n) is 2.89. The average Bonchev–Trinajstić information content (AvgIpc) is 3.20. The van der Waals surface area contributed by atoms with Crippen molar-refractivity contribution < 1.29 is 22.8 Å². The van der Waals surface area contributed by atoms with E-state index in [1.807, 2.05) is 31.2 Å². The summed E-state index contributed by atoms with van der Waals surface area (Å²) in [6, 6.07) is 12.3. The second-order valence-corrected chi connectivity index (χ2v) is 7.84. The minimum Gasteiger partial charge on any atom is -0.336 e. The van der Waals surface area contributed by atoms with Crippen LogP contribution in [0.2, 0.25) is 0 Å². The van der Waals surface area contributed by atoms with Gasteiger partial charge in [-0.25, -0.2) is 0 Å². The van der Waals surface area contributed by atoms with Crippen molar-refractivity contribution in [3.63, 3.8) is 0 Å². The largest absolute Gasteiger partial charge is 0.418 e. The molecule has 0 aliphatic heterocycles. The van der Waals surface area contributed by atoms with Gasteiger partial charge in [0.1, 0.15) is 6.33 Å². The highest BCUT2D eigenvalue weighted by Gasteiger charge is 2.33. The van der Waals surface area contributed by atoms with Gasteiger partial charge >= 0.3 is 6.18 Å². The lowest BCUT2D eigenvalue weighted by atomic mass is 10.1. The number of carbonyl (C=O) groups is 2. The third-order valence-electron chi connectivity index (χ3n) is 4.53. The Labute approximate surface area is 186 Å². The Morgan fingerprint density at radius 1 is 1.12 bits per heavy atom. The lowest BCUT2D eigenvalue weighted by Crippen LogP contribution is -2.36. The molecule has 0 atom stereocenters. The normalized spacial score (nSPS) is 11.3. The smallest absolute Gasteiger partial charge is 0.336 e. The number of aromatic nitrogens is 3. The molecule has 2 aromatic carbocycles. The van der Waals surface area contributed by atoms with E-state index in [1.54, 1.807) is 10.9 Å². The minimum atomic E-state index is -4.60. The van der Waals surface area contributed by atoms with Gasteiger partial charge in [0.2, 0.25) is 11.8 Å². The first-order chi connectivity index (χ1) is 15.2. The van der Waals surface area contributed by atoms with Crippen molar-refractivity contribution in [2.45, 2.75) is 18.3 Å². The fraction of sp³-hybridized carbons (Fsp3) is 0.238. The van der Waals surface area contributed by atoms with E-state index in [2.05, 4.69) is 15.5 Å². The number of likely N-dealkylation sites (N-methyl/N-ethyl adjacent to an activating group) is 1. The maximum Gasteiger partial charge on any atom is 0.418 e. The predicted octanol–water partition coefficient (Wildman–Crippen LogP) is 3.78. The molecule has 0 aliphatic rings. The molecule has 3 aromatic rings. The number of halogens is 3. The molecule has 1 N–H and O–H groups in total. The minimum absolute atomic E-state index is 0.0203. The summed E-state index contributed by atoms with van der Waals surface area (Å²) in [6.07, 6.45) is -3.06. The van der Waals surface area contributed by atoms with Gasteiger partial charge < -0.3 is 10.2 Å². The van der Waals surface area contributed by atoms with Gasteiger partial charge in [-0.15, -0.1) is 10.2 Å². The topological polar surface area (TPSA) is 80.1 Å². The second-order valence-electron chi connectivity index (χ2n) is 6.90. The van der Waals surface area contributed by atoms with E-state index in [0.717, 1.165) is 40.0 Å². The van der Waals surface area contributed by atoms with Crippen molar-refractivity contribution in [3.8, 4) is 5.69 Å². The number of anilines is 1. The molecule has 2 amide bonds. The van der Waals surface area contributed by atoms with E-state index in [-0.39, 0.29) is 17.3 Å². The van der Waals surface area contributed by atoms with Crippen LogP contribution in [0.4, 0.5) is 18.9 Å². The van der Waals surface area contributed by atoms with Crippen LogP contribution < -0.4 is 5.32 Å². The van der Waals surface area contributed by atoms with Gasteiger partial charge in [0.05, 0.1) is 29.2 Å². The monoisotopic (exact) mass is 463 g/mol. The Bertz CT molecular complexity index is 1120. The first-order valence-corrected chi connectivity index (χ1v) is 10.4. The van der Waals surface area contributed by atoms with Crippen LogP contribution in [-0.2, 0) is 15.8 Å². The summed E-state index contributed by atoms with van der Waals surface area (Å²) in [7, 11) is 1.41. The zero-order valence-electron chi connectivity index (χ0n) is 17.3. The summed E-state index contributed by atoms with van der Waals surface area (Å²) in [5, 5.41) is 10.7. The number of hydrogen-bond donors (Lipinski definition) is 1. The number of hydrogen-bond acceptors (Lipinski definition) is 5. The molecule has 0 aliphatic carbocycles. The van der Waals surface area contributed by atoms with Crippen LogP contribution in [0.3, 0.4) is 0 Å². The Kier molecular flexibility index (Phi) is 7.18. The number of benzene rings is 2. The quantitative estimate of drug-likeness (QED) is 0.540. The first kappa shape index (κ1) is 23.3. The van der Waals surface area contributed by atoms with E-state index in [1.165, 1.54) is 19.2 Å². The van der Waals surface area contributed by atoms with Crippen LogP contribution in [-0.4, -0.2) is 50.8 Å². The van der Waals surface area contributed by atoms with E-state index >= 15 is 0 Å². The van der Waals surface area contributed by atoms with Gasteiger partial charge in [0.15, 0.2) is 5.16 Å². The molecule has 0 fully saturated rings. The van der Waals surface area contributed by atoms with Crippen molar-refractivity contribution in [1.82, 2.24) is 19.7 Å². The third-order valence-corrected chi connectivity index (χ3v) is 5.46. The highest BCUT2D eigenvalue weighted by atomic mass is 32.2. The number of nitrogens with zero attached hydrogens (tertiary/aromatic N) is 4.